The maximum Gasteiger partial charge on any atom is 0.127 e. The monoisotopic (exact) mass is 672 g/mol. The molecule has 0 aliphatic heterocycles. The molecule has 0 spiro atoms. The maximum absolute atomic E-state index is 6.23. The zero-order valence-electron chi connectivity index (χ0n) is 28.7. The minimum atomic E-state index is 0.314. The fourth-order valence-electron chi connectivity index (χ4n) is 5.14. The number of ether oxygens (including phenoxy) is 3. The van der Waals surface area contributed by atoms with Crippen molar-refractivity contribution >= 4 is 0 Å². The predicted molar refractivity (Wildman–Crippen MR) is 196 cm³/mol. The van der Waals surface area contributed by atoms with Gasteiger partial charge in [-0.1, -0.05) is 36.4 Å². The first-order chi connectivity index (χ1) is 24.9. The van der Waals surface area contributed by atoms with Crippen molar-refractivity contribution in [1.29, 1.82) is 0 Å². The molecule has 0 saturated carbocycles. The summed E-state index contributed by atoms with van der Waals surface area (Å²) in [7, 11) is 0. The predicted octanol–water partition coefficient (Wildman–Crippen LogP) is 8.72. The molecular formula is C42H36N6O3. The Labute approximate surface area is 297 Å². The second kappa shape index (κ2) is 15.4. The Morgan fingerprint density at radius 1 is 0.333 bits per heavy atom. The van der Waals surface area contributed by atoms with Crippen LogP contribution in [-0.2, 0) is 19.8 Å². The first-order valence-electron chi connectivity index (χ1n) is 16.6. The lowest BCUT2D eigenvalue weighted by molar-refractivity contribution is 0.274. The van der Waals surface area contributed by atoms with Gasteiger partial charge in [0.05, 0.1) is 34.2 Å². The lowest BCUT2D eigenvalue weighted by atomic mass is 10.2. The van der Waals surface area contributed by atoms with Crippen LogP contribution in [-0.4, -0.2) is 29.9 Å². The minimum absolute atomic E-state index is 0.314. The molecule has 0 amide bonds. The van der Waals surface area contributed by atoms with E-state index in [1.165, 1.54) is 0 Å². The van der Waals surface area contributed by atoms with Gasteiger partial charge in [-0.25, -0.2) is 0 Å². The van der Waals surface area contributed by atoms with Gasteiger partial charge in [0.15, 0.2) is 0 Å². The highest BCUT2D eigenvalue weighted by Gasteiger charge is 2.09. The highest BCUT2D eigenvalue weighted by Crippen LogP contribution is 2.30. The number of nitrogens with zero attached hydrogens (tertiary/aromatic N) is 6. The Balaban J connectivity index is 1.04. The van der Waals surface area contributed by atoms with Gasteiger partial charge in [-0.15, -0.1) is 0 Å². The summed E-state index contributed by atoms with van der Waals surface area (Å²) in [5.41, 5.74) is 11.0. The van der Waals surface area contributed by atoms with E-state index in [1.54, 1.807) is 18.6 Å². The smallest absolute Gasteiger partial charge is 0.127 e. The zero-order chi connectivity index (χ0) is 35.0. The molecule has 9 heteroatoms. The van der Waals surface area contributed by atoms with Crippen LogP contribution in [0.5, 0.6) is 17.2 Å². The first-order valence-corrected chi connectivity index (χ1v) is 16.6. The fourth-order valence-corrected chi connectivity index (χ4v) is 5.14. The Kier molecular flexibility index (Phi) is 9.96. The van der Waals surface area contributed by atoms with Crippen molar-refractivity contribution in [2.45, 2.75) is 40.6 Å². The Hall–Kier alpha value is -6.48. The average molecular weight is 673 g/mol. The number of benzene rings is 1. The number of hydrogen-bond acceptors (Lipinski definition) is 9. The summed E-state index contributed by atoms with van der Waals surface area (Å²) >= 11 is 0. The fraction of sp³-hybridized carbons (Fsp3) is 0.143. The van der Waals surface area contributed by atoms with E-state index in [0.717, 1.165) is 67.5 Å². The van der Waals surface area contributed by atoms with E-state index < -0.39 is 0 Å². The van der Waals surface area contributed by atoms with Crippen molar-refractivity contribution in [3.8, 4) is 51.4 Å². The summed E-state index contributed by atoms with van der Waals surface area (Å²) in [6, 6.07) is 29.4. The summed E-state index contributed by atoms with van der Waals surface area (Å²) in [4.78, 5) is 27.2. The Morgan fingerprint density at radius 3 is 0.804 bits per heavy atom. The molecule has 0 fully saturated rings. The van der Waals surface area contributed by atoms with Crippen LogP contribution in [0, 0.1) is 20.8 Å². The van der Waals surface area contributed by atoms with Gasteiger partial charge >= 0.3 is 0 Å². The van der Waals surface area contributed by atoms with Crippen LogP contribution in [0.3, 0.4) is 0 Å². The quantitative estimate of drug-likeness (QED) is 0.126. The summed E-state index contributed by atoms with van der Waals surface area (Å²) in [6.07, 6.45) is 10.9. The van der Waals surface area contributed by atoms with Crippen LogP contribution in [0.1, 0.15) is 33.4 Å². The van der Waals surface area contributed by atoms with E-state index in [1.807, 2.05) is 130 Å². The van der Waals surface area contributed by atoms with Crippen LogP contribution >= 0.6 is 0 Å². The third-order valence-electron chi connectivity index (χ3n) is 8.07. The number of aromatic nitrogens is 6. The summed E-state index contributed by atoms with van der Waals surface area (Å²) < 4.78 is 18.7. The molecule has 6 heterocycles. The van der Waals surface area contributed by atoms with Gasteiger partial charge in [-0.2, -0.15) is 0 Å². The van der Waals surface area contributed by atoms with Crippen LogP contribution in [0.4, 0.5) is 0 Å². The molecule has 252 valence electrons. The van der Waals surface area contributed by atoms with Crippen LogP contribution in [0.2, 0.25) is 0 Å². The molecule has 0 aliphatic carbocycles. The van der Waals surface area contributed by atoms with E-state index in [0.29, 0.717) is 37.1 Å². The Morgan fingerprint density at radius 2 is 0.588 bits per heavy atom. The van der Waals surface area contributed by atoms with Crippen molar-refractivity contribution in [1.82, 2.24) is 29.9 Å². The van der Waals surface area contributed by atoms with Crippen molar-refractivity contribution in [3.05, 3.63) is 162 Å². The molecule has 0 bridgehead atoms. The van der Waals surface area contributed by atoms with Crippen LogP contribution < -0.4 is 14.2 Å². The van der Waals surface area contributed by atoms with Gasteiger partial charge < -0.3 is 14.2 Å². The molecular weight excluding hydrogens is 637 g/mol. The van der Waals surface area contributed by atoms with Crippen LogP contribution in [0.25, 0.3) is 34.2 Å². The van der Waals surface area contributed by atoms with Gasteiger partial charge in [0.1, 0.15) is 37.1 Å². The summed E-state index contributed by atoms with van der Waals surface area (Å²) in [5.74, 6) is 1.80. The molecule has 0 aliphatic rings. The van der Waals surface area contributed by atoms with Gasteiger partial charge in [-0.05, 0) is 73.9 Å². The largest absolute Gasteiger partial charge is 0.489 e. The molecule has 7 rings (SSSR count). The molecule has 7 aromatic rings. The molecule has 6 aromatic heterocycles. The first kappa shape index (κ1) is 33.0. The van der Waals surface area contributed by atoms with Crippen LogP contribution in [0.15, 0.2) is 128 Å². The van der Waals surface area contributed by atoms with Crippen molar-refractivity contribution in [2.75, 3.05) is 0 Å². The second-order valence-electron chi connectivity index (χ2n) is 12.3. The number of aryl methyl sites for hydroxylation is 3. The SMILES string of the molecule is Cc1ccc(-c2ccc(COc3cc(OCc4ccc(-c5ccc(C)cn5)nc4)cc(OCc4ccc(-c5ccc(C)cn5)nc4)c3)cn2)nc1. The Bertz CT molecular complexity index is 1920. The second-order valence-corrected chi connectivity index (χ2v) is 12.3. The third-order valence-corrected chi connectivity index (χ3v) is 8.07. The van der Waals surface area contributed by atoms with E-state index >= 15 is 0 Å². The van der Waals surface area contributed by atoms with Gasteiger partial charge in [-0.3, -0.25) is 29.9 Å². The van der Waals surface area contributed by atoms with E-state index in [9.17, 15) is 0 Å². The highest BCUT2D eigenvalue weighted by molar-refractivity contribution is 5.56. The molecule has 0 unspecified atom stereocenters. The van der Waals surface area contributed by atoms with Gasteiger partial charge in [0.2, 0.25) is 0 Å². The average Bonchev–Trinajstić information content (AvgIpc) is 3.17. The minimum Gasteiger partial charge on any atom is -0.489 e. The summed E-state index contributed by atoms with van der Waals surface area (Å²) in [6.45, 7) is 6.98. The van der Waals surface area contributed by atoms with Gasteiger partial charge in [0, 0.05) is 72.1 Å². The standard InChI is InChI=1S/C42H36N6O3/c1-28-4-10-37(43-19-28)40-13-7-31(22-46-40)25-49-34-16-35(50-26-32-8-14-41(47-23-32)38-11-5-29(2)20-44-38)18-36(17-34)51-27-33-9-15-42(48-24-33)39-12-6-30(3)21-45-39/h4-24H,25-27H2,1-3H3. The zero-order valence-corrected chi connectivity index (χ0v) is 28.7. The molecule has 0 radical (unpaired) electrons. The topological polar surface area (TPSA) is 105 Å². The molecule has 0 N–H and O–H groups in total. The lowest BCUT2D eigenvalue weighted by Gasteiger charge is -2.14. The van der Waals surface area contributed by atoms with E-state index in [4.69, 9.17) is 14.2 Å². The molecule has 0 saturated heterocycles. The maximum atomic E-state index is 6.23. The van der Waals surface area contributed by atoms with E-state index in [2.05, 4.69) is 29.9 Å². The molecule has 51 heavy (non-hydrogen) atoms. The number of pyridine rings is 6. The third kappa shape index (κ3) is 8.76. The number of hydrogen-bond donors (Lipinski definition) is 0. The lowest BCUT2D eigenvalue weighted by Crippen LogP contribution is -2.01. The van der Waals surface area contributed by atoms with Crippen molar-refractivity contribution < 1.29 is 14.2 Å². The van der Waals surface area contributed by atoms with Crippen molar-refractivity contribution in [2.24, 2.45) is 0 Å². The van der Waals surface area contributed by atoms with Gasteiger partial charge in [0.25, 0.3) is 0 Å². The van der Waals surface area contributed by atoms with Crippen molar-refractivity contribution in [3.63, 3.8) is 0 Å². The highest BCUT2D eigenvalue weighted by atomic mass is 16.5. The van der Waals surface area contributed by atoms with E-state index in [-0.39, 0.29) is 0 Å². The normalized spacial score (nSPS) is 10.9. The number of rotatable bonds is 12. The summed E-state index contributed by atoms with van der Waals surface area (Å²) in [5, 5.41) is 0. The molecule has 1 aromatic carbocycles. The molecule has 9 nitrogen and oxygen atoms in total. The molecule has 0 atom stereocenters.